The standard InChI is InChI=1S/C13H18S3/c1-3-11(2)16-13(14)15-10-9-12-7-5-4-6-8-12/h4-8,11H,3,9-10H2,1-2H3. The first-order valence-corrected chi connectivity index (χ1v) is 7.87. The van der Waals surface area contributed by atoms with Crippen molar-refractivity contribution in [2.75, 3.05) is 5.75 Å². The summed E-state index contributed by atoms with van der Waals surface area (Å²) in [6, 6.07) is 10.6. The van der Waals surface area contributed by atoms with Crippen LogP contribution in [0.3, 0.4) is 0 Å². The molecule has 0 radical (unpaired) electrons. The van der Waals surface area contributed by atoms with Gasteiger partial charge < -0.3 is 0 Å². The van der Waals surface area contributed by atoms with E-state index in [-0.39, 0.29) is 0 Å². The monoisotopic (exact) mass is 270 g/mol. The lowest BCUT2D eigenvalue weighted by atomic mass is 10.2. The highest BCUT2D eigenvalue weighted by Crippen LogP contribution is 2.24. The van der Waals surface area contributed by atoms with Gasteiger partial charge in [-0.05, 0) is 18.4 Å². The van der Waals surface area contributed by atoms with Gasteiger partial charge in [-0.2, -0.15) is 0 Å². The summed E-state index contributed by atoms with van der Waals surface area (Å²) in [5.74, 6) is 1.09. The molecule has 0 N–H and O–H groups in total. The molecule has 0 saturated carbocycles. The molecule has 88 valence electrons. The molecule has 0 aliphatic carbocycles. The number of thiocarbonyl (C=S) groups is 1. The minimum atomic E-state index is 0.650. The number of benzene rings is 1. The van der Waals surface area contributed by atoms with Gasteiger partial charge in [-0.25, -0.2) is 0 Å². The van der Waals surface area contributed by atoms with Crippen LogP contribution in [0, 0.1) is 0 Å². The van der Waals surface area contributed by atoms with Gasteiger partial charge in [0.05, 0.1) is 0 Å². The van der Waals surface area contributed by atoms with Crippen molar-refractivity contribution < 1.29 is 0 Å². The summed E-state index contributed by atoms with van der Waals surface area (Å²) in [5.41, 5.74) is 1.39. The Bertz CT molecular complexity index is 308. The lowest BCUT2D eigenvalue weighted by molar-refractivity contribution is 0.911. The molecule has 0 amide bonds. The number of rotatable bonds is 5. The highest BCUT2D eigenvalue weighted by Gasteiger charge is 2.04. The molecular weight excluding hydrogens is 252 g/mol. The van der Waals surface area contributed by atoms with E-state index in [1.807, 2.05) is 23.5 Å². The average molecular weight is 270 g/mol. The zero-order chi connectivity index (χ0) is 11.8. The molecule has 1 unspecified atom stereocenters. The Balaban J connectivity index is 2.18. The van der Waals surface area contributed by atoms with Crippen LogP contribution in [0.4, 0.5) is 0 Å². The van der Waals surface area contributed by atoms with Crippen molar-refractivity contribution in [1.82, 2.24) is 0 Å². The molecule has 1 atom stereocenters. The fourth-order valence-electron chi connectivity index (χ4n) is 1.18. The fourth-order valence-corrected chi connectivity index (χ4v) is 3.94. The maximum Gasteiger partial charge on any atom is 0.104 e. The zero-order valence-electron chi connectivity index (χ0n) is 9.81. The second kappa shape index (κ2) is 8.15. The highest BCUT2D eigenvalue weighted by molar-refractivity contribution is 8.47. The molecule has 0 fully saturated rings. The van der Waals surface area contributed by atoms with Crippen molar-refractivity contribution in [3.05, 3.63) is 35.9 Å². The predicted molar refractivity (Wildman–Crippen MR) is 82.5 cm³/mol. The highest BCUT2D eigenvalue weighted by atomic mass is 32.2. The van der Waals surface area contributed by atoms with Crippen LogP contribution in [0.2, 0.25) is 0 Å². The topological polar surface area (TPSA) is 0 Å². The van der Waals surface area contributed by atoms with E-state index in [1.54, 1.807) is 0 Å². The van der Waals surface area contributed by atoms with Crippen LogP contribution in [0.5, 0.6) is 0 Å². The maximum atomic E-state index is 5.34. The minimum Gasteiger partial charge on any atom is -0.107 e. The molecule has 0 nitrogen and oxygen atoms in total. The molecule has 0 aromatic heterocycles. The van der Waals surface area contributed by atoms with Crippen molar-refractivity contribution in [2.24, 2.45) is 0 Å². The minimum absolute atomic E-state index is 0.650. The molecule has 0 aliphatic rings. The first kappa shape index (κ1) is 14.1. The van der Waals surface area contributed by atoms with Gasteiger partial charge in [-0.3, -0.25) is 0 Å². The second-order valence-corrected chi connectivity index (χ2v) is 7.41. The number of thioether (sulfide) groups is 2. The van der Waals surface area contributed by atoms with Gasteiger partial charge in [0.2, 0.25) is 0 Å². The van der Waals surface area contributed by atoms with Gasteiger partial charge in [0.1, 0.15) is 3.53 Å². The Morgan fingerprint density at radius 3 is 2.62 bits per heavy atom. The smallest absolute Gasteiger partial charge is 0.104 e. The Kier molecular flexibility index (Phi) is 7.17. The van der Waals surface area contributed by atoms with Crippen molar-refractivity contribution in [2.45, 2.75) is 31.9 Å². The average Bonchev–Trinajstić information content (AvgIpc) is 2.30. The van der Waals surface area contributed by atoms with Crippen LogP contribution < -0.4 is 0 Å². The van der Waals surface area contributed by atoms with Gasteiger partial charge >= 0.3 is 0 Å². The van der Waals surface area contributed by atoms with Crippen LogP contribution >= 0.6 is 35.7 Å². The van der Waals surface area contributed by atoms with Crippen LogP contribution in [0.1, 0.15) is 25.8 Å². The zero-order valence-corrected chi connectivity index (χ0v) is 12.3. The third-order valence-electron chi connectivity index (χ3n) is 2.33. The molecule has 16 heavy (non-hydrogen) atoms. The van der Waals surface area contributed by atoms with Gasteiger partial charge in [-0.15, -0.1) is 23.5 Å². The molecule has 0 saturated heterocycles. The van der Waals surface area contributed by atoms with E-state index in [4.69, 9.17) is 12.2 Å². The molecule has 0 heterocycles. The Morgan fingerprint density at radius 1 is 1.31 bits per heavy atom. The first-order valence-electron chi connectivity index (χ1n) is 5.59. The van der Waals surface area contributed by atoms with E-state index in [2.05, 4.69) is 44.2 Å². The Labute approximate surface area is 113 Å². The van der Waals surface area contributed by atoms with E-state index in [0.717, 1.165) is 15.7 Å². The van der Waals surface area contributed by atoms with Gasteiger partial charge in [0.15, 0.2) is 0 Å². The summed E-state index contributed by atoms with van der Waals surface area (Å²) >= 11 is 8.98. The van der Waals surface area contributed by atoms with Crippen molar-refractivity contribution in [3.63, 3.8) is 0 Å². The summed E-state index contributed by atoms with van der Waals surface area (Å²) in [6.45, 7) is 4.43. The summed E-state index contributed by atoms with van der Waals surface area (Å²) in [4.78, 5) is 0. The summed E-state index contributed by atoms with van der Waals surface area (Å²) in [5, 5.41) is 0.650. The molecular formula is C13H18S3. The van der Waals surface area contributed by atoms with E-state index in [9.17, 15) is 0 Å². The largest absolute Gasteiger partial charge is 0.107 e. The molecule has 0 bridgehead atoms. The van der Waals surface area contributed by atoms with E-state index >= 15 is 0 Å². The van der Waals surface area contributed by atoms with E-state index < -0.39 is 0 Å². The molecule has 0 aliphatic heterocycles. The number of aryl methyl sites for hydroxylation is 1. The van der Waals surface area contributed by atoms with Crippen molar-refractivity contribution in [1.29, 1.82) is 0 Å². The first-order chi connectivity index (χ1) is 7.72. The summed E-state index contributed by atoms with van der Waals surface area (Å²) in [7, 11) is 0. The van der Waals surface area contributed by atoms with Crippen LogP contribution in [0.15, 0.2) is 30.3 Å². The normalized spacial score (nSPS) is 12.4. The Morgan fingerprint density at radius 2 is 2.00 bits per heavy atom. The van der Waals surface area contributed by atoms with Gasteiger partial charge in [0, 0.05) is 11.0 Å². The number of hydrogen-bond acceptors (Lipinski definition) is 3. The lowest BCUT2D eigenvalue weighted by Crippen LogP contribution is -1.97. The quantitative estimate of drug-likeness (QED) is 0.707. The van der Waals surface area contributed by atoms with Crippen LogP contribution in [0.25, 0.3) is 0 Å². The second-order valence-electron chi connectivity index (χ2n) is 3.67. The molecule has 1 aromatic carbocycles. The van der Waals surface area contributed by atoms with Crippen LogP contribution in [-0.2, 0) is 6.42 Å². The third kappa shape index (κ3) is 5.92. The maximum absolute atomic E-state index is 5.34. The SMILES string of the molecule is CCC(C)SC(=S)SCCc1ccccc1. The fraction of sp³-hybridized carbons (Fsp3) is 0.462. The van der Waals surface area contributed by atoms with E-state index in [0.29, 0.717) is 5.25 Å². The molecule has 1 rings (SSSR count). The Hall–Kier alpha value is 0.01000. The van der Waals surface area contributed by atoms with Crippen molar-refractivity contribution in [3.8, 4) is 0 Å². The predicted octanol–water partition coefficient (Wildman–Crippen LogP) is 4.78. The van der Waals surface area contributed by atoms with Crippen LogP contribution in [-0.4, -0.2) is 14.5 Å². The van der Waals surface area contributed by atoms with Crippen molar-refractivity contribution >= 4 is 39.3 Å². The molecule has 1 aromatic rings. The summed E-state index contributed by atoms with van der Waals surface area (Å²) < 4.78 is 1.09. The van der Waals surface area contributed by atoms with Gasteiger partial charge in [-0.1, -0.05) is 56.4 Å². The molecule has 3 heteroatoms. The summed E-state index contributed by atoms with van der Waals surface area (Å²) in [6.07, 6.45) is 2.29. The number of hydrogen-bond donors (Lipinski definition) is 0. The molecule has 0 spiro atoms. The van der Waals surface area contributed by atoms with Gasteiger partial charge in [0.25, 0.3) is 0 Å². The van der Waals surface area contributed by atoms with E-state index in [1.165, 1.54) is 12.0 Å². The lowest BCUT2D eigenvalue weighted by Gasteiger charge is -2.08. The third-order valence-corrected chi connectivity index (χ3v) is 5.18.